The third-order valence-corrected chi connectivity index (χ3v) is 21.8. The van der Waals surface area contributed by atoms with E-state index in [4.69, 9.17) is 7.54 Å². The minimum absolute atomic E-state index is 0.101. The first-order valence-corrected chi connectivity index (χ1v) is 28.4. The van der Waals surface area contributed by atoms with E-state index >= 15 is 0 Å². The summed E-state index contributed by atoms with van der Waals surface area (Å²) in [4.78, 5) is 4.48. The number of nitrogens with zero attached hydrogens (tertiary/aromatic N) is 4. The molecular formula is C60H78N4S3. The summed E-state index contributed by atoms with van der Waals surface area (Å²) < 4.78 is 40.4. The van der Waals surface area contributed by atoms with Crippen LogP contribution in [0.4, 0.5) is 0 Å². The van der Waals surface area contributed by atoms with Crippen molar-refractivity contribution in [2.75, 3.05) is 0 Å². The number of rotatable bonds is 2. The standard InChI is InChI=1S/C60H78N4S3/c1-55(2,3)43-19-31-49(32-20-43)65(61,50-33-21-44(22-34-50)56(4,5)6)63-67(53-39-27-47(28-40-53)59(13,14)15,54-41-29-48(30-42-54)60(16,17)18)64-66(62,51-35-23-45(24-36-51)57(7,8)9)52-37-25-46(26-38-52)58(10,11)12/h19-42H,1-18H3. The zero-order chi connectivity index (χ0) is 49.8. The van der Waals surface area contributed by atoms with Gasteiger partial charge in [-0.1, -0.05) is 197 Å². The Morgan fingerprint density at radius 1 is 0.239 bits per heavy atom. The molecule has 0 aliphatic heterocycles. The van der Waals surface area contributed by atoms with Gasteiger partial charge in [-0.25, -0.2) is 0 Å². The van der Waals surface area contributed by atoms with Crippen molar-refractivity contribution in [2.45, 2.75) is 186 Å². The van der Waals surface area contributed by atoms with Crippen molar-refractivity contribution in [1.29, 1.82) is 9.22 Å². The molecule has 0 aromatic heterocycles. The lowest BCUT2D eigenvalue weighted by atomic mass is 9.87. The van der Waals surface area contributed by atoms with E-state index in [0.29, 0.717) is 19.6 Å². The normalized spacial score (nSPS) is 13.6. The molecule has 0 aliphatic rings. The highest BCUT2D eigenvalue weighted by atomic mass is 32.3. The van der Waals surface area contributed by atoms with E-state index in [1.54, 1.807) is 0 Å². The first kappa shape index (κ1) is 51.8. The van der Waals surface area contributed by atoms with Crippen molar-refractivity contribution < 1.29 is 0 Å². The van der Waals surface area contributed by atoms with Gasteiger partial charge in [0.25, 0.3) is 0 Å². The van der Waals surface area contributed by atoms with Gasteiger partial charge in [-0.2, -0.15) is 16.8 Å². The zero-order valence-electron chi connectivity index (χ0n) is 43.9. The first-order valence-electron chi connectivity index (χ1n) is 23.7. The monoisotopic (exact) mass is 951 g/mol. The van der Waals surface area contributed by atoms with Crippen LogP contribution in [0.1, 0.15) is 158 Å². The molecule has 0 atom stereocenters. The predicted octanol–water partition coefficient (Wildman–Crippen LogP) is 19.0. The minimum Gasteiger partial charge on any atom is -0.198 e. The van der Waals surface area contributed by atoms with Gasteiger partial charge >= 0.3 is 0 Å². The van der Waals surface area contributed by atoms with E-state index in [-0.39, 0.29) is 32.5 Å². The summed E-state index contributed by atoms with van der Waals surface area (Å²) in [5.41, 5.74) is 6.35. The fourth-order valence-corrected chi connectivity index (χ4v) is 17.5. The summed E-state index contributed by atoms with van der Waals surface area (Å²) in [5.74, 6) is 0. The summed E-state index contributed by atoms with van der Waals surface area (Å²) >= 11 is 0. The topological polar surface area (TPSA) is 72.3 Å². The molecule has 0 radical (unpaired) electrons. The molecule has 0 bridgehead atoms. The van der Waals surface area contributed by atoms with Crippen LogP contribution < -0.4 is 0 Å². The Bertz CT molecular complexity index is 2720. The van der Waals surface area contributed by atoms with Gasteiger partial charge in [0.05, 0.1) is 19.7 Å². The van der Waals surface area contributed by atoms with Gasteiger partial charge in [-0.05, 0) is 139 Å². The van der Waals surface area contributed by atoms with Crippen molar-refractivity contribution >= 4 is 29.3 Å². The lowest BCUT2D eigenvalue weighted by Gasteiger charge is -2.28. The second-order valence-electron chi connectivity index (χ2n) is 24.4. The van der Waals surface area contributed by atoms with E-state index in [1.807, 2.05) is 0 Å². The average molecular weight is 952 g/mol. The van der Waals surface area contributed by atoms with Crippen LogP contribution in [-0.2, 0) is 42.1 Å². The molecule has 0 aliphatic carbocycles. The SMILES string of the molecule is CC(C)(C)c1ccc(S(=NS(#N)(c2ccc(C(C)(C)C)cc2)c2ccc(C(C)(C)C)cc2)(=NS(#N)(c2ccc(C(C)(C)C)cc2)c2ccc(C(C)(C)C)cc2)c2ccc(C(C)(C)C)cc2)cc1. The minimum atomic E-state index is -3.27. The molecule has 0 amide bonds. The maximum Gasteiger partial charge on any atom is 0.0927 e. The number of hydrogen-bond acceptors (Lipinski definition) is 4. The van der Waals surface area contributed by atoms with Crippen LogP contribution in [0.25, 0.3) is 0 Å². The Morgan fingerprint density at radius 3 is 0.507 bits per heavy atom. The Labute approximate surface area is 409 Å². The maximum atomic E-state index is 14.2. The second-order valence-corrected chi connectivity index (χ2v) is 31.8. The molecular weight excluding hydrogens is 873 g/mol. The van der Waals surface area contributed by atoms with Crippen molar-refractivity contribution in [1.82, 2.24) is 0 Å². The highest BCUT2D eigenvalue weighted by Gasteiger charge is 2.32. The Kier molecular flexibility index (Phi) is 13.9. The highest BCUT2D eigenvalue weighted by molar-refractivity contribution is 8.28. The fourth-order valence-electron chi connectivity index (χ4n) is 7.95. The summed E-state index contributed by atoms with van der Waals surface area (Å²) in [7, 11) is -9.66. The van der Waals surface area contributed by atoms with Crippen LogP contribution in [0.15, 0.2) is 183 Å². The van der Waals surface area contributed by atoms with Gasteiger partial charge in [-0.3, -0.25) is 0 Å². The Morgan fingerprint density at radius 2 is 0.373 bits per heavy atom. The van der Waals surface area contributed by atoms with Crippen LogP contribution in [0.5, 0.6) is 0 Å². The average Bonchev–Trinajstić information content (AvgIpc) is 3.24. The predicted molar refractivity (Wildman–Crippen MR) is 291 cm³/mol. The third kappa shape index (κ3) is 11.1. The van der Waals surface area contributed by atoms with Crippen LogP contribution in [0.3, 0.4) is 0 Å². The molecule has 67 heavy (non-hydrogen) atoms. The fraction of sp³-hybridized carbons (Fsp3) is 0.400. The molecule has 6 aromatic rings. The quantitative estimate of drug-likeness (QED) is 0.173. The van der Waals surface area contributed by atoms with E-state index in [0.717, 1.165) is 32.0 Å². The van der Waals surface area contributed by atoms with Gasteiger partial charge < -0.3 is 0 Å². The van der Waals surface area contributed by atoms with E-state index in [1.165, 1.54) is 11.1 Å². The molecule has 0 N–H and O–H groups in total. The van der Waals surface area contributed by atoms with Gasteiger partial charge in [0.1, 0.15) is 0 Å². The molecule has 6 aromatic carbocycles. The Hall–Kier alpha value is -4.61. The Balaban J connectivity index is 1.92. The molecule has 0 fully saturated rings. The van der Waals surface area contributed by atoms with Gasteiger partial charge in [0.15, 0.2) is 0 Å². The number of benzene rings is 6. The highest BCUT2D eigenvalue weighted by Crippen LogP contribution is 2.59. The van der Waals surface area contributed by atoms with Crippen LogP contribution in [0, 0.1) is 9.22 Å². The summed E-state index contributed by atoms with van der Waals surface area (Å²) in [6, 6.07) is 50.8. The molecule has 6 rings (SSSR count). The van der Waals surface area contributed by atoms with Crippen LogP contribution in [-0.4, -0.2) is 0 Å². The van der Waals surface area contributed by atoms with Gasteiger partial charge in [0.2, 0.25) is 0 Å². The third-order valence-electron chi connectivity index (χ3n) is 12.7. The lowest BCUT2D eigenvalue weighted by Crippen LogP contribution is -2.13. The maximum absolute atomic E-state index is 14.2. The van der Waals surface area contributed by atoms with E-state index in [9.17, 15) is 9.22 Å². The van der Waals surface area contributed by atoms with Crippen molar-refractivity contribution in [3.05, 3.63) is 179 Å². The molecule has 0 unspecified atom stereocenters. The van der Waals surface area contributed by atoms with Crippen LogP contribution >= 0.6 is 19.7 Å². The summed E-state index contributed by atoms with van der Waals surface area (Å²) in [6.07, 6.45) is 0. The first-order chi connectivity index (χ1) is 30.7. The van der Waals surface area contributed by atoms with Crippen LogP contribution in [0.2, 0.25) is 0 Å². The second kappa shape index (κ2) is 18.0. The zero-order valence-corrected chi connectivity index (χ0v) is 46.3. The smallest absolute Gasteiger partial charge is 0.0927 e. The van der Waals surface area contributed by atoms with Crippen molar-refractivity contribution in [3.8, 4) is 0 Å². The molecule has 0 saturated heterocycles. The molecule has 4 nitrogen and oxygen atoms in total. The molecule has 7 heteroatoms. The summed E-state index contributed by atoms with van der Waals surface area (Å²) in [6.45, 7) is 39.8. The van der Waals surface area contributed by atoms with Gasteiger partial charge in [-0.15, -0.1) is 0 Å². The number of hydrogen-bond donors (Lipinski definition) is 0. The molecule has 0 heterocycles. The van der Waals surface area contributed by atoms with Gasteiger partial charge in [0, 0.05) is 39.0 Å². The molecule has 0 saturated carbocycles. The lowest BCUT2D eigenvalue weighted by molar-refractivity contribution is 0.589. The largest absolute Gasteiger partial charge is 0.198 e. The van der Waals surface area contributed by atoms with E-state index in [2.05, 4.69) is 270 Å². The van der Waals surface area contributed by atoms with Crippen molar-refractivity contribution in [3.63, 3.8) is 0 Å². The molecule has 356 valence electrons. The summed E-state index contributed by atoms with van der Waals surface area (Å²) in [5, 5.41) is 0. The van der Waals surface area contributed by atoms with E-state index < -0.39 is 29.3 Å². The van der Waals surface area contributed by atoms with Crippen molar-refractivity contribution in [2.24, 2.45) is 7.54 Å². The molecule has 0 spiro atoms.